The summed E-state index contributed by atoms with van der Waals surface area (Å²) >= 11 is 0. The fourth-order valence-corrected chi connectivity index (χ4v) is 2.04. The van der Waals surface area contributed by atoms with Crippen molar-refractivity contribution in [1.29, 1.82) is 0 Å². The number of carbonyl (C=O) groups excluding carboxylic acids is 1. The zero-order valence-electron chi connectivity index (χ0n) is 14.9. The Balaban J connectivity index is 2.29. The summed E-state index contributed by atoms with van der Waals surface area (Å²) in [5.41, 5.74) is 0.460. The first kappa shape index (κ1) is 19.8. The van der Waals surface area contributed by atoms with Gasteiger partial charge in [-0.2, -0.15) is 0 Å². The number of aliphatic imine (C=N–C) groups is 1. The molecule has 0 spiro atoms. The van der Waals surface area contributed by atoms with Gasteiger partial charge in [-0.05, 0) is 43.9 Å². The van der Waals surface area contributed by atoms with Crippen LogP contribution in [0.25, 0.3) is 0 Å². The Kier molecular flexibility index (Phi) is 9.34. The number of phenolic OH excluding ortho intramolecular Hbond substituents is 1. The lowest BCUT2D eigenvalue weighted by Crippen LogP contribution is -2.38. The first-order valence-electron chi connectivity index (χ1n) is 8.62. The summed E-state index contributed by atoms with van der Waals surface area (Å²) in [5, 5.41) is 18.7. The molecule has 6 heteroatoms. The Morgan fingerprint density at radius 2 is 2.00 bits per heavy atom. The van der Waals surface area contributed by atoms with Crippen LogP contribution in [0, 0.1) is 5.92 Å². The molecule has 0 aliphatic heterocycles. The second-order valence-electron chi connectivity index (χ2n) is 6.03. The van der Waals surface area contributed by atoms with Crippen LogP contribution in [0.15, 0.2) is 29.3 Å². The smallest absolute Gasteiger partial charge is 0.251 e. The summed E-state index contributed by atoms with van der Waals surface area (Å²) in [7, 11) is 0. The normalized spacial score (nSPS) is 11.4. The Bertz CT molecular complexity index is 530. The molecule has 134 valence electrons. The van der Waals surface area contributed by atoms with Crippen molar-refractivity contribution in [2.24, 2.45) is 10.9 Å². The van der Waals surface area contributed by atoms with Crippen LogP contribution in [-0.4, -0.2) is 43.2 Å². The maximum Gasteiger partial charge on any atom is 0.251 e. The molecule has 0 heterocycles. The number of carbonyl (C=O) groups is 1. The largest absolute Gasteiger partial charge is 0.508 e. The molecule has 0 aliphatic rings. The van der Waals surface area contributed by atoms with E-state index in [0.717, 1.165) is 31.9 Å². The van der Waals surface area contributed by atoms with Gasteiger partial charge in [-0.25, -0.2) is 0 Å². The van der Waals surface area contributed by atoms with Gasteiger partial charge in [0.15, 0.2) is 5.96 Å². The number of hydrogen-bond acceptors (Lipinski definition) is 3. The zero-order chi connectivity index (χ0) is 17.8. The molecule has 1 rings (SSSR count). The number of amides is 1. The molecule has 24 heavy (non-hydrogen) atoms. The fraction of sp³-hybridized carbons (Fsp3) is 0.556. The van der Waals surface area contributed by atoms with Gasteiger partial charge in [0.2, 0.25) is 0 Å². The number of aromatic hydroxyl groups is 1. The molecule has 1 aromatic rings. The van der Waals surface area contributed by atoms with Crippen molar-refractivity contribution >= 4 is 11.9 Å². The molecular formula is C18H30N4O2. The summed E-state index contributed by atoms with van der Waals surface area (Å²) < 4.78 is 0. The summed E-state index contributed by atoms with van der Waals surface area (Å²) in [6.07, 6.45) is 1.86. The second-order valence-corrected chi connectivity index (χ2v) is 6.03. The van der Waals surface area contributed by atoms with Crippen molar-refractivity contribution in [1.82, 2.24) is 16.0 Å². The molecule has 0 aliphatic carbocycles. The Hall–Kier alpha value is -2.24. The van der Waals surface area contributed by atoms with Crippen LogP contribution in [-0.2, 0) is 0 Å². The van der Waals surface area contributed by atoms with Gasteiger partial charge in [0.05, 0.1) is 0 Å². The Labute approximate surface area is 144 Å². The highest BCUT2D eigenvalue weighted by Crippen LogP contribution is 2.10. The van der Waals surface area contributed by atoms with Crippen molar-refractivity contribution in [3.63, 3.8) is 0 Å². The van der Waals surface area contributed by atoms with Crippen LogP contribution in [0.4, 0.5) is 0 Å². The van der Waals surface area contributed by atoms with E-state index < -0.39 is 0 Å². The van der Waals surface area contributed by atoms with Gasteiger partial charge in [-0.15, -0.1) is 0 Å². The molecular weight excluding hydrogens is 304 g/mol. The van der Waals surface area contributed by atoms with Crippen molar-refractivity contribution in [3.8, 4) is 5.75 Å². The first-order chi connectivity index (χ1) is 11.5. The van der Waals surface area contributed by atoms with Crippen LogP contribution < -0.4 is 16.0 Å². The molecule has 0 radical (unpaired) electrons. The van der Waals surface area contributed by atoms with Crippen LogP contribution in [0.1, 0.15) is 44.0 Å². The zero-order valence-corrected chi connectivity index (χ0v) is 14.9. The number of nitrogens with zero attached hydrogens (tertiary/aromatic N) is 1. The third kappa shape index (κ3) is 8.41. The SMILES string of the molecule is CCNC(=NCCCNC(=O)c1cccc(O)c1)NCCC(C)C. The van der Waals surface area contributed by atoms with E-state index in [-0.39, 0.29) is 11.7 Å². The van der Waals surface area contributed by atoms with E-state index in [1.165, 1.54) is 6.07 Å². The molecule has 0 fully saturated rings. The van der Waals surface area contributed by atoms with Crippen molar-refractivity contribution in [2.75, 3.05) is 26.2 Å². The molecule has 0 atom stereocenters. The monoisotopic (exact) mass is 334 g/mol. The predicted molar refractivity (Wildman–Crippen MR) is 98.5 cm³/mol. The summed E-state index contributed by atoms with van der Waals surface area (Å²) in [6.45, 7) is 9.33. The Morgan fingerprint density at radius 1 is 1.21 bits per heavy atom. The van der Waals surface area contributed by atoms with Gasteiger partial charge in [-0.3, -0.25) is 9.79 Å². The van der Waals surface area contributed by atoms with Gasteiger partial charge < -0.3 is 21.1 Å². The van der Waals surface area contributed by atoms with Crippen LogP contribution in [0.2, 0.25) is 0 Å². The molecule has 6 nitrogen and oxygen atoms in total. The number of benzene rings is 1. The van der Waals surface area contributed by atoms with Crippen LogP contribution in [0.3, 0.4) is 0 Å². The van der Waals surface area contributed by atoms with E-state index in [2.05, 4.69) is 34.8 Å². The quantitative estimate of drug-likeness (QED) is 0.316. The number of rotatable bonds is 9. The van der Waals surface area contributed by atoms with E-state index in [4.69, 9.17) is 0 Å². The maximum absolute atomic E-state index is 11.9. The highest BCUT2D eigenvalue weighted by atomic mass is 16.3. The lowest BCUT2D eigenvalue weighted by molar-refractivity contribution is 0.0953. The first-order valence-corrected chi connectivity index (χ1v) is 8.62. The fourth-order valence-electron chi connectivity index (χ4n) is 2.04. The van der Waals surface area contributed by atoms with Crippen molar-refractivity contribution < 1.29 is 9.90 Å². The molecule has 1 aromatic carbocycles. The molecule has 0 saturated carbocycles. The summed E-state index contributed by atoms with van der Waals surface area (Å²) in [4.78, 5) is 16.4. The summed E-state index contributed by atoms with van der Waals surface area (Å²) in [5.74, 6) is 1.39. The molecule has 4 N–H and O–H groups in total. The van der Waals surface area contributed by atoms with Gasteiger partial charge in [0.25, 0.3) is 5.91 Å². The number of phenols is 1. The lowest BCUT2D eigenvalue weighted by atomic mass is 10.1. The third-order valence-corrected chi connectivity index (χ3v) is 3.36. The Morgan fingerprint density at radius 3 is 2.67 bits per heavy atom. The lowest BCUT2D eigenvalue weighted by Gasteiger charge is -2.12. The summed E-state index contributed by atoms with van der Waals surface area (Å²) in [6, 6.07) is 6.32. The van der Waals surface area contributed by atoms with E-state index in [1.807, 2.05) is 6.92 Å². The number of guanidine groups is 1. The highest BCUT2D eigenvalue weighted by Gasteiger charge is 2.05. The molecule has 0 bridgehead atoms. The molecule has 0 unspecified atom stereocenters. The third-order valence-electron chi connectivity index (χ3n) is 3.36. The minimum atomic E-state index is -0.183. The standard InChI is InChI=1S/C18H30N4O2/c1-4-19-18(22-12-9-14(2)3)21-11-6-10-20-17(24)15-7-5-8-16(23)13-15/h5,7-8,13-14,23H,4,6,9-12H2,1-3H3,(H,20,24)(H2,19,21,22). The highest BCUT2D eigenvalue weighted by molar-refractivity contribution is 5.94. The van der Waals surface area contributed by atoms with Gasteiger partial charge in [0, 0.05) is 31.7 Å². The average Bonchev–Trinajstić information content (AvgIpc) is 2.54. The van der Waals surface area contributed by atoms with E-state index in [9.17, 15) is 9.90 Å². The van der Waals surface area contributed by atoms with E-state index in [1.54, 1.807) is 18.2 Å². The van der Waals surface area contributed by atoms with Gasteiger partial charge in [-0.1, -0.05) is 19.9 Å². The maximum atomic E-state index is 11.9. The van der Waals surface area contributed by atoms with E-state index in [0.29, 0.717) is 24.6 Å². The van der Waals surface area contributed by atoms with Gasteiger partial charge in [0.1, 0.15) is 5.75 Å². The van der Waals surface area contributed by atoms with Gasteiger partial charge >= 0.3 is 0 Å². The van der Waals surface area contributed by atoms with Crippen LogP contribution >= 0.6 is 0 Å². The van der Waals surface area contributed by atoms with Crippen molar-refractivity contribution in [2.45, 2.75) is 33.6 Å². The van der Waals surface area contributed by atoms with Crippen LogP contribution in [0.5, 0.6) is 5.75 Å². The average molecular weight is 334 g/mol. The molecule has 1 amide bonds. The minimum absolute atomic E-state index is 0.0926. The second kappa shape index (κ2) is 11.3. The molecule has 0 aromatic heterocycles. The minimum Gasteiger partial charge on any atom is -0.508 e. The molecule has 0 saturated heterocycles. The van der Waals surface area contributed by atoms with Crippen molar-refractivity contribution in [3.05, 3.63) is 29.8 Å². The number of nitrogens with one attached hydrogen (secondary N) is 3. The van der Waals surface area contributed by atoms with E-state index >= 15 is 0 Å². The number of hydrogen-bond donors (Lipinski definition) is 4. The predicted octanol–water partition coefficient (Wildman–Crippen LogP) is 2.11. The topological polar surface area (TPSA) is 85.8 Å².